The van der Waals surface area contributed by atoms with Gasteiger partial charge in [-0.2, -0.15) is 0 Å². The summed E-state index contributed by atoms with van der Waals surface area (Å²) in [5, 5.41) is 8.58. The van der Waals surface area contributed by atoms with Gasteiger partial charge in [0.15, 0.2) is 0 Å². The predicted octanol–water partition coefficient (Wildman–Crippen LogP) is 13.6. The highest BCUT2D eigenvalue weighted by Gasteiger charge is 2.29. The van der Waals surface area contributed by atoms with Crippen LogP contribution >= 0.6 is 11.8 Å². The Hall–Kier alpha value is -6.49. The first-order chi connectivity index (χ1) is 25.8. The van der Waals surface area contributed by atoms with Gasteiger partial charge in [-0.3, -0.25) is 9.13 Å². The van der Waals surface area contributed by atoms with Gasteiger partial charge in [0.05, 0.1) is 16.7 Å². The fourth-order valence-corrected chi connectivity index (χ4v) is 9.66. The predicted molar refractivity (Wildman–Crippen MR) is 217 cm³/mol. The maximum Gasteiger partial charge on any atom is 0.136 e. The molecule has 3 aromatic heterocycles. The minimum absolute atomic E-state index is 0.909. The molecule has 0 unspecified atom stereocenters. The number of aromatic nitrogens is 2. The molecule has 0 bridgehead atoms. The molecule has 3 nitrogen and oxygen atoms in total. The van der Waals surface area contributed by atoms with Crippen molar-refractivity contribution in [1.29, 1.82) is 0 Å². The van der Waals surface area contributed by atoms with Crippen LogP contribution in [0.15, 0.2) is 184 Å². The number of furan rings is 1. The molecule has 8 aromatic carbocycles. The van der Waals surface area contributed by atoms with Crippen LogP contribution in [0, 0.1) is 0 Å². The highest BCUT2D eigenvalue weighted by molar-refractivity contribution is 7.99. The Morgan fingerprint density at radius 3 is 2.15 bits per heavy atom. The zero-order valence-corrected chi connectivity index (χ0v) is 28.7. The summed E-state index contributed by atoms with van der Waals surface area (Å²) in [6, 6.07) is 61.8. The second-order valence-electron chi connectivity index (χ2n) is 13.7. The van der Waals surface area contributed by atoms with E-state index in [2.05, 4.69) is 167 Å². The highest BCUT2D eigenvalue weighted by Crippen LogP contribution is 2.51. The van der Waals surface area contributed by atoms with Crippen LogP contribution in [0.25, 0.3) is 99.2 Å². The van der Waals surface area contributed by atoms with E-state index in [-0.39, 0.29) is 0 Å². The van der Waals surface area contributed by atoms with Crippen LogP contribution in [0.2, 0.25) is 0 Å². The summed E-state index contributed by atoms with van der Waals surface area (Å²) >= 11 is 1.86. The van der Waals surface area contributed by atoms with E-state index in [1.165, 1.54) is 70.2 Å². The maximum atomic E-state index is 6.33. The van der Waals surface area contributed by atoms with E-state index in [1.807, 2.05) is 23.9 Å². The lowest BCUT2D eigenvalue weighted by Crippen LogP contribution is -2.06. The average molecular weight is 681 g/mol. The Bertz CT molecular complexity index is 3270. The van der Waals surface area contributed by atoms with Crippen LogP contribution in [0.1, 0.15) is 0 Å². The second-order valence-corrected chi connectivity index (χ2v) is 14.8. The van der Waals surface area contributed by atoms with Crippen molar-refractivity contribution in [3.63, 3.8) is 0 Å². The van der Waals surface area contributed by atoms with Crippen molar-refractivity contribution in [1.82, 2.24) is 9.13 Å². The molecule has 0 atom stereocenters. The van der Waals surface area contributed by atoms with Gasteiger partial charge >= 0.3 is 0 Å². The fourth-order valence-electron chi connectivity index (χ4n) is 8.59. The van der Waals surface area contributed by atoms with Crippen molar-refractivity contribution in [3.8, 4) is 33.6 Å². The van der Waals surface area contributed by atoms with E-state index in [1.54, 1.807) is 0 Å². The molecule has 0 N–H and O–H groups in total. The number of fused-ring (bicyclic) bond motifs is 11. The van der Waals surface area contributed by atoms with Gasteiger partial charge in [0.25, 0.3) is 0 Å². The smallest absolute Gasteiger partial charge is 0.136 e. The van der Waals surface area contributed by atoms with E-state index < -0.39 is 0 Å². The first kappa shape index (κ1) is 28.2. The van der Waals surface area contributed by atoms with Gasteiger partial charge in [-0.25, -0.2) is 0 Å². The lowest BCUT2D eigenvalue weighted by Gasteiger charge is -2.22. The minimum Gasteiger partial charge on any atom is -0.456 e. The molecule has 11 aromatic rings. The molecule has 0 radical (unpaired) electrons. The zero-order chi connectivity index (χ0) is 33.9. The summed E-state index contributed by atoms with van der Waals surface area (Å²) < 4.78 is 11.4. The third kappa shape index (κ3) is 3.87. The van der Waals surface area contributed by atoms with Crippen LogP contribution < -0.4 is 0 Å². The Balaban J connectivity index is 1.20. The minimum atomic E-state index is 0.909. The molecule has 0 aliphatic carbocycles. The van der Waals surface area contributed by atoms with Gasteiger partial charge < -0.3 is 4.42 Å². The molecule has 0 spiro atoms. The normalized spacial score (nSPS) is 12.5. The van der Waals surface area contributed by atoms with Gasteiger partial charge in [-0.05, 0) is 87.6 Å². The molecule has 52 heavy (non-hydrogen) atoms. The monoisotopic (exact) mass is 680 g/mol. The summed E-state index contributed by atoms with van der Waals surface area (Å²) in [5.74, 6) is 0. The Kier molecular flexibility index (Phi) is 5.71. The van der Waals surface area contributed by atoms with Crippen LogP contribution in [0.4, 0.5) is 0 Å². The SMILES string of the molecule is c1ccc(-c2cccc3c2c2c4cccc5c4n(c2n3-c2ccc3ccccc3c2)-c2cc(-c3ccc4c(c3)oc3ccccc34)ccc2S5)cc1. The molecule has 242 valence electrons. The van der Waals surface area contributed by atoms with Crippen molar-refractivity contribution in [3.05, 3.63) is 170 Å². The third-order valence-electron chi connectivity index (χ3n) is 10.9. The Labute approximate surface area is 302 Å². The molecule has 1 aliphatic rings. The molecular formula is C48H28N2OS. The summed E-state index contributed by atoms with van der Waals surface area (Å²) in [5.41, 5.74) is 12.6. The van der Waals surface area contributed by atoms with E-state index in [0.29, 0.717) is 0 Å². The van der Waals surface area contributed by atoms with Gasteiger partial charge in [-0.1, -0.05) is 127 Å². The first-order valence-corrected chi connectivity index (χ1v) is 18.5. The lowest BCUT2D eigenvalue weighted by atomic mass is 9.99. The van der Waals surface area contributed by atoms with Gasteiger partial charge in [0, 0.05) is 42.4 Å². The van der Waals surface area contributed by atoms with Crippen molar-refractivity contribution in [2.75, 3.05) is 0 Å². The largest absolute Gasteiger partial charge is 0.456 e. The maximum absolute atomic E-state index is 6.33. The summed E-state index contributed by atoms with van der Waals surface area (Å²) in [6.45, 7) is 0. The summed E-state index contributed by atoms with van der Waals surface area (Å²) in [6.07, 6.45) is 0. The third-order valence-corrected chi connectivity index (χ3v) is 12.0. The molecule has 4 heterocycles. The van der Waals surface area contributed by atoms with Crippen molar-refractivity contribution in [2.24, 2.45) is 0 Å². The molecular weight excluding hydrogens is 653 g/mol. The first-order valence-electron chi connectivity index (χ1n) is 17.7. The number of nitrogens with zero attached hydrogens (tertiary/aromatic N) is 2. The zero-order valence-electron chi connectivity index (χ0n) is 27.9. The van der Waals surface area contributed by atoms with Crippen LogP contribution in [0.3, 0.4) is 0 Å². The van der Waals surface area contributed by atoms with Gasteiger partial charge in [0.2, 0.25) is 0 Å². The number of rotatable bonds is 3. The standard InChI is InChI=1S/C48H28N2OS/c1-2-11-30(12-3-1)35-15-8-17-39-45(35)46-38-16-9-19-44-47(38)50(48(46)49(39)34-23-20-29-10-4-5-13-31(29)26-34)40-27-32(22-25-43(40)52-44)33-21-24-37-36-14-6-7-18-41(36)51-42(37)28-33/h1-28H. The number of benzene rings is 8. The molecule has 0 amide bonds. The molecule has 0 fully saturated rings. The van der Waals surface area contributed by atoms with Crippen LogP contribution in [-0.4, -0.2) is 9.13 Å². The lowest BCUT2D eigenvalue weighted by molar-refractivity contribution is 0.669. The highest BCUT2D eigenvalue weighted by atomic mass is 32.2. The number of para-hydroxylation sites is 2. The van der Waals surface area contributed by atoms with Gasteiger partial charge in [0.1, 0.15) is 16.8 Å². The molecule has 4 heteroatoms. The van der Waals surface area contributed by atoms with E-state index in [4.69, 9.17) is 4.42 Å². The number of hydrogen-bond acceptors (Lipinski definition) is 2. The van der Waals surface area contributed by atoms with Gasteiger partial charge in [-0.15, -0.1) is 0 Å². The molecule has 1 aliphatic heterocycles. The van der Waals surface area contributed by atoms with E-state index in [9.17, 15) is 0 Å². The Morgan fingerprint density at radius 2 is 1.21 bits per heavy atom. The number of hydrogen-bond donors (Lipinski definition) is 0. The molecule has 0 saturated heterocycles. The van der Waals surface area contributed by atoms with E-state index >= 15 is 0 Å². The molecule has 12 rings (SSSR count). The fraction of sp³-hybridized carbons (Fsp3) is 0. The Morgan fingerprint density at radius 1 is 0.442 bits per heavy atom. The van der Waals surface area contributed by atoms with Crippen molar-refractivity contribution >= 4 is 77.3 Å². The second kappa shape index (κ2) is 10.5. The van der Waals surface area contributed by atoms with E-state index in [0.717, 1.165) is 38.8 Å². The van der Waals surface area contributed by atoms with Crippen molar-refractivity contribution < 1.29 is 4.42 Å². The molecule has 0 saturated carbocycles. The summed E-state index contributed by atoms with van der Waals surface area (Å²) in [7, 11) is 0. The van der Waals surface area contributed by atoms with Crippen LogP contribution in [0.5, 0.6) is 0 Å². The topological polar surface area (TPSA) is 23.0 Å². The average Bonchev–Trinajstić information content (AvgIpc) is 3.86. The van der Waals surface area contributed by atoms with Crippen molar-refractivity contribution in [2.45, 2.75) is 9.79 Å². The van der Waals surface area contributed by atoms with Crippen LogP contribution in [-0.2, 0) is 0 Å². The quantitative estimate of drug-likeness (QED) is 0.185. The summed E-state index contributed by atoms with van der Waals surface area (Å²) in [4.78, 5) is 2.51.